The number of hydrogen-bond acceptors (Lipinski definition) is 3. The standard InChI is InChI=1S/C17H30N2O/c1-12(2)17-7-6-8-19(17)11-15-9-16(20-14(15)5)10-18-13(3)4/h9,12-13,17-18H,6-8,10-11H2,1-5H3. The van der Waals surface area contributed by atoms with Crippen molar-refractivity contribution in [3.8, 4) is 0 Å². The molecule has 0 amide bonds. The van der Waals surface area contributed by atoms with Gasteiger partial charge in [0.1, 0.15) is 11.5 Å². The third-order valence-electron chi connectivity index (χ3n) is 4.31. The van der Waals surface area contributed by atoms with Gasteiger partial charge in [-0.2, -0.15) is 0 Å². The number of hydrogen-bond donors (Lipinski definition) is 1. The van der Waals surface area contributed by atoms with Crippen LogP contribution >= 0.6 is 0 Å². The summed E-state index contributed by atoms with van der Waals surface area (Å²) in [5, 5.41) is 3.42. The molecule has 1 fully saturated rings. The first kappa shape index (κ1) is 15.6. The molecule has 0 aromatic carbocycles. The van der Waals surface area contributed by atoms with E-state index in [1.165, 1.54) is 24.9 Å². The molecule has 3 nitrogen and oxygen atoms in total. The molecule has 3 heteroatoms. The van der Waals surface area contributed by atoms with Crippen LogP contribution in [0.1, 0.15) is 57.6 Å². The van der Waals surface area contributed by atoms with Gasteiger partial charge >= 0.3 is 0 Å². The van der Waals surface area contributed by atoms with E-state index in [-0.39, 0.29) is 0 Å². The predicted molar refractivity (Wildman–Crippen MR) is 83.7 cm³/mol. The van der Waals surface area contributed by atoms with Crippen LogP contribution in [-0.2, 0) is 13.1 Å². The van der Waals surface area contributed by atoms with Crippen molar-refractivity contribution in [2.24, 2.45) is 5.92 Å². The average molecular weight is 278 g/mol. The Labute approximate surface area is 123 Å². The lowest BCUT2D eigenvalue weighted by molar-refractivity contribution is 0.198. The van der Waals surface area contributed by atoms with Gasteiger partial charge in [-0.25, -0.2) is 0 Å². The Hall–Kier alpha value is -0.800. The molecule has 1 aliphatic rings. The zero-order chi connectivity index (χ0) is 14.7. The summed E-state index contributed by atoms with van der Waals surface area (Å²) < 4.78 is 5.88. The van der Waals surface area contributed by atoms with Gasteiger partial charge in [0.15, 0.2) is 0 Å². The maximum atomic E-state index is 5.88. The second-order valence-electron chi connectivity index (χ2n) is 6.75. The van der Waals surface area contributed by atoms with Crippen LogP contribution in [0.15, 0.2) is 10.5 Å². The van der Waals surface area contributed by atoms with Gasteiger partial charge in [-0.15, -0.1) is 0 Å². The van der Waals surface area contributed by atoms with E-state index in [1.54, 1.807) is 0 Å². The summed E-state index contributed by atoms with van der Waals surface area (Å²) in [4.78, 5) is 2.63. The monoisotopic (exact) mass is 278 g/mol. The third kappa shape index (κ3) is 3.86. The molecule has 20 heavy (non-hydrogen) atoms. The average Bonchev–Trinajstić information content (AvgIpc) is 2.95. The van der Waals surface area contributed by atoms with E-state index in [1.807, 2.05) is 0 Å². The van der Waals surface area contributed by atoms with E-state index in [0.29, 0.717) is 6.04 Å². The molecule has 0 aliphatic carbocycles. The molecule has 0 saturated carbocycles. The molecule has 1 aromatic heterocycles. The van der Waals surface area contributed by atoms with Gasteiger partial charge in [-0.05, 0) is 38.3 Å². The van der Waals surface area contributed by atoms with E-state index in [0.717, 1.165) is 36.6 Å². The summed E-state index contributed by atoms with van der Waals surface area (Å²) in [6.45, 7) is 14.2. The normalized spacial score (nSPS) is 20.4. The first-order chi connectivity index (χ1) is 9.47. The van der Waals surface area contributed by atoms with Gasteiger partial charge in [0.05, 0.1) is 6.54 Å². The Morgan fingerprint density at radius 1 is 1.35 bits per heavy atom. The van der Waals surface area contributed by atoms with E-state index in [9.17, 15) is 0 Å². The highest BCUT2D eigenvalue weighted by Crippen LogP contribution is 2.27. The highest BCUT2D eigenvalue weighted by atomic mass is 16.3. The molecule has 114 valence electrons. The maximum absolute atomic E-state index is 5.88. The molecule has 2 heterocycles. The lowest BCUT2D eigenvalue weighted by Gasteiger charge is -2.27. The molecular weight excluding hydrogens is 248 g/mol. The van der Waals surface area contributed by atoms with E-state index >= 15 is 0 Å². The minimum absolute atomic E-state index is 0.493. The molecule has 0 radical (unpaired) electrons. The third-order valence-corrected chi connectivity index (χ3v) is 4.31. The number of likely N-dealkylation sites (tertiary alicyclic amines) is 1. The summed E-state index contributed by atoms with van der Waals surface area (Å²) in [7, 11) is 0. The number of rotatable bonds is 6. The molecule has 1 unspecified atom stereocenters. The van der Waals surface area contributed by atoms with Crippen LogP contribution in [0.4, 0.5) is 0 Å². The zero-order valence-electron chi connectivity index (χ0n) is 13.7. The Kier molecular flexibility index (Phi) is 5.28. The molecule has 0 bridgehead atoms. The van der Waals surface area contributed by atoms with Crippen molar-refractivity contribution in [3.05, 3.63) is 23.2 Å². The lowest BCUT2D eigenvalue weighted by atomic mass is 10.0. The topological polar surface area (TPSA) is 28.4 Å². The van der Waals surface area contributed by atoms with E-state index < -0.39 is 0 Å². The summed E-state index contributed by atoms with van der Waals surface area (Å²) in [6.07, 6.45) is 2.68. The predicted octanol–water partition coefficient (Wildman–Crippen LogP) is 3.71. The lowest BCUT2D eigenvalue weighted by Crippen LogP contribution is -2.32. The van der Waals surface area contributed by atoms with E-state index in [4.69, 9.17) is 4.42 Å². The number of aryl methyl sites for hydroxylation is 1. The molecule has 1 aliphatic heterocycles. The smallest absolute Gasteiger partial charge is 0.118 e. The summed E-state index contributed by atoms with van der Waals surface area (Å²) in [5.74, 6) is 2.89. The summed E-state index contributed by atoms with van der Waals surface area (Å²) in [5.41, 5.74) is 1.36. The molecule has 1 N–H and O–H groups in total. The molecule has 1 atom stereocenters. The van der Waals surface area contributed by atoms with Crippen LogP contribution in [0, 0.1) is 12.8 Å². The van der Waals surface area contributed by atoms with Crippen LogP contribution in [0.2, 0.25) is 0 Å². The van der Waals surface area contributed by atoms with E-state index in [2.05, 4.69) is 50.9 Å². The zero-order valence-corrected chi connectivity index (χ0v) is 13.7. The molecule has 1 saturated heterocycles. The van der Waals surface area contributed by atoms with Gasteiger partial charge in [0, 0.05) is 24.2 Å². The maximum Gasteiger partial charge on any atom is 0.118 e. The number of nitrogens with zero attached hydrogens (tertiary/aromatic N) is 1. The molecule has 2 rings (SSSR count). The highest BCUT2D eigenvalue weighted by molar-refractivity contribution is 5.21. The number of nitrogens with one attached hydrogen (secondary N) is 1. The highest BCUT2D eigenvalue weighted by Gasteiger charge is 2.27. The fourth-order valence-electron chi connectivity index (χ4n) is 3.16. The van der Waals surface area contributed by atoms with Crippen LogP contribution in [-0.4, -0.2) is 23.5 Å². The quantitative estimate of drug-likeness (QED) is 0.860. The SMILES string of the molecule is Cc1oc(CNC(C)C)cc1CN1CCCC1C(C)C. The van der Waals surface area contributed by atoms with Gasteiger partial charge in [-0.3, -0.25) is 4.90 Å². The minimum atomic E-state index is 0.493. The molecule has 1 aromatic rings. The Bertz CT molecular complexity index is 423. The first-order valence-electron chi connectivity index (χ1n) is 8.03. The molecular formula is C17H30N2O. The molecule has 0 spiro atoms. The summed E-state index contributed by atoms with van der Waals surface area (Å²) >= 11 is 0. The largest absolute Gasteiger partial charge is 0.465 e. The van der Waals surface area contributed by atoms with Crippen molar-refractivity contribution in [3.63, 3.8) is 0 Å². The van der Waals surface area contributed by atoms with Gasteiger partial charge in [0.2, 0.25) is 0 Å². The Morgan fingerprint density at radius 2 is 2.10 bits per heavy atom. The van der Waals surface area contributed by atoms with Crippen molar-refractivity contribution in [1.82, 2.24) is 10.2 Å². The van der Waals surface area contributed by atoms with Crippen molar-refractivity contribution >= 4 is 0 Å². The fraction of sp³-hybridized carbons (Fsp3) is 0.765. The van der Waals surface area contributed by atoms with Gasteiger partial charge in [-0.1, -0.05) is 27.7 Å². The van der Waals surface area contributed by atoms with Crippen molar-refractivity contribution < 1.29 is 4.42 Å². The Balaban J connectivity index is 1.98. The number of furan rings is 1. The van der Waals surface area contributed by atoms with Crippen molar-refractivity contribution in [2.75, 3.05) is 6.54 Å². The second-order valence-corrected chi connectivity index (χ2v) is 6.75. The van der Waals surface area contributed by atoms with Crippen LogP contribution in [0.25, 0.3) is 0 Å². The second kappa shape index (κ2) is 6.77. The van der Waals surface area contributed by atoms with Gasteiger partial charge < -0.3 is 9.73 Å². The van der Waals surface area contributed by atoms with Crippen LogP contribution in [0.5, 0.6) is 0 Å². The first-order valence-corrected chi connectivity index (χ1v) is 8.03. The summed E-state index contributed by atoms with van der Waals surface area (Å²) in [6, 6.07) is 3.47. The van der Waals surface area contributed by atoms with Crippen LogP contribution < -0.4 is 5.32 Å². The Morgan fingerprint density at radius 3 is 2.75 bits per heavy atom. The van der Waals surface area contributed by atoms with Crippen LogP contribution in [0.3, 0.4) is 0 Å². The van der Waals surface area contributed by atoms with Gasteiger partial charge in [0.25, 0.3) is 0 Å². The van der Waals surface area contributed by atoms with Crippen molar-refractivity contribution in [1.29, 1.82) is 0 Å². The minimum Gasteiger partial charge on any atom is -0.465 e. The van der Waals surface area contributed by atoms with Crippen molar-refractivity contribution in [2.45, 2.75) is 72.6 Å². The fourth-order valence-corrected chi connectivity index (χ4v) is 3.16.